The number of carbonyl (C=O) groups excluding carboxylic acids is 1. The lowest BCUT2D eigenvalue weighted by Gasteiger charge is -2.13. The van der Waals surface area contributed by atoms with E-state index in [1.54, 1.807) is 0 Å². The second-order valence-corrected chi connectivity index (χ2v) is 4.04. The molecule has 1 rings (SSSR count). The third kappa shape index (κ3) is 4.89. The molecule has 0 saturated carbocycles. The Balaban J connectivity index is 2.52. The number of esters is 1. The molecule has 0 N–H and O–H groups in total. The Morgan fingerprint density at radius 1 is 1.41 bits per heavy atom. The molecular weight excluding hydrogens is 216 g/mol. The van der Waals surface area contributed by atoms with Crippen LogP contribution in [-0.2, 0) is 9.53 Å². The first-order chi connectivity index (χ1) is 8.13. The maximum absolute atomic E-state index is 10.7. The molecule has 1 atom stereocenters. The van der Waals surface area contributed by atoms with Gasteiger partial charge in [0.05, 0.1) is 13.2 Å². The van der Waals surface area contributed by atoms with E-state index in [9.17, 15) is 4.79 Å². The Hall–Kier alpha value is -1.51. The maximum Gasteiger partial charge on any atom is 0.302 e. The molecule has 0 radical (unpaired) electrons. The topological polar surface area (TPSA) is 35.5 Å². The Morgan fingerprint density at radius 3 is 2.82 bits per heavy atom. The van der Waals surface area contributed by atoms with Gasteiger partial charge in [-0.05, 0) is 37.0 Å². The average molecular weight is 236 g/mol. The SMILES string of the molecule is CCOc1cccc(C(C)CCOC(C)=O)c1. The van der Waals surface area contributed by atoms with Crippen molar-refractivity contribution < 1.29 is 14.3 Å². The van der Waals surface area contributed by atoms with Gasteiger partial charge in [0.25, 0.3) is 0 Å². The fourth-order valence-electron chi connectivity index (χ4n) is 1.62. The molecule has 0 aliphatic rings. The Morgan fingerprint density at radius 2 is 2.18 bits per heavy atom. The normalized spacial score (nSPS) is 11.9. The Kier molecular flexibility index (Phi) is 5.53. The van der Waals surface area contributed by atoms with Crippen LogP contribution in [0, 0.1) is 0 Å². The maximum atomic E-state index is 10.7. The van der Waals surface area contributed by atoms with E-state index in [2.05, 4.69) is 13.0 Å². The molecule has 0 saturated heterocycles. The predicted molar refractivity (Wildman–Crippen MR) is 67.3 cm³/mol. The van der Waals surface area contributed by atoms with Crippen molar-refractivity contribution in [3.63, 3.8) is 0 Å². The van der Waals surface area contributed by atoms with E-state index in [1.807, 2.05) is 25.1 Å². The van der Waals surface area contributed by atoms with Gasteiger partial charge in [-0.25, -0.2) is 0 Å². The van der Waals surface area contributed by atoms with Crippen LogP contribution in [0.25, 0.3) is 0 Å². The van der Waals surface area contributed by atoms with E-state index >= 15 is 0 Å². The second kappa shape index (κ2) is 6.94. The zero-order valence-electron chi connectivity index (χ0n) is 10.7. The minimum atomic E-state index is -0.222. The minimum Gasteiger partial charge on any atom is -0.494 e. The number of hydrogen-bond acceptors (Lipinski definition) is 3. The van der Waals surface area contributed by atoms with Gasteiger partial charge < -0.3 is 9.47 Å². The molecule has 0 aromatic heterocycles. The largest absolute Gasteiger partial charge is 0.494 e. The molecule has 0 aliphatic carbocycles. The lowest BCUT2D eigenvalue weighted by atomic mass is 9.98. The van der Waals surface area contributed by atoms with Crippen LogP contribution in [0.2, 0.25) is 0 Å². The molecule has 0 heterocycles. The molecule has 0 amide bonds. The van der Waals surface area contributed by atoms with E-state index in [-0.39, 0.29) is 5.97 Å². The van der Waals surface area contributed by atoms with Crippen LogP contribution in [0.4, 0.5) is 0 Å². The van der Waals surface area contributed by atoms with E-state index in [4.69, 9.17) is 9.47 Å². The summed E-state index contributed by atoms with van der Waals surface area (Å²) in [6.45, 7) is 6.66. The van der Waals surface area contributed by atoms with Crippen molar-refractivity contribution >= 4 is 5.97 Å². The summed E-state index contributed by atoms with van der Waals surface area (Å²) in [5.41, 5.74) is 1.21. The van der Waals surface area contributed by atoms with Crippen LogP contribution >= 0.6 is 0 Å². The summed E-state index contributed by atoms with van der Waals surface area (Å²) in [5.74, 6) is 1.03. The van der Waals surface area contributed by atoms with Crippen LogP contribution in [0.15, 0.2) is 24.3 Å². The highest BCUT2D eigenvalue weighted by molar-refractivity contribution is 5.65. The summed E-state index contributed by atoms with van der Waals surface area (Å²) in [4.78, 5) is 10.7. The van der Waals surface area contributed by atoms with E-state index in [0.717, 1.165) is 12.2 Å². The molecule has 0 fully saturated rings. The van der Waals surface area contributed by atoms with Crippen LogP contribution in [0.3, 0.4) is 0 Å². The van der Waals surface area contributed by atoms with Crippen molar-refractivity contribution in [2.24, 2.45) is 0 Å². The van der Waals surface area contributed by atoms with E-state index in [1.165, 1.54) is 12.5 Å². The van der Waals surface area contributed by atoms with Crippen molar-refractivity contribution in [3.8, 4) is 5.75 Å². The molecule has 0 bridgehead atoms. The first kappa shape index (κ1) is 13.6. The number of benzene rings is 1. The van der Waals surface area contributed by atoms with Gasteiger partial charge in [0.2, 0.25) is 0 Å². The highest BCUT2D eigenvalue weighted by Crippen LogP contribution is 2.23. The van der Waals surface area contributed by atoms with Gasteiger partial charge in [0, 0.05) is 6.92 Å². The molecule has 1 unspecified atom stereocenters. The number of carbonyl (C=O) groups is 1. The summed E-state index contributed by atoms with van der Waals surface area (Å²) in [6, 6.07) is 8.05. The van der Waals surface area contributed by atoms with Gasteiger partial charge in [-0.3, -0.25) is 4.79 Å². The zero-order valence-corrected chi connectivity index (χ0v) is 10.7. The third-order valence-corrected chi connectivity index (χ3v) is 2.59. The summed E-state index contributed by atoms with van der Waals surface area (Å²) in [6.07, 6.45) is 0.829. The first-order valence-corrected chi connectivity index (χ1v) is 5.99. The molecule has 0 aliphatic heterocycles. The van der Waals surface area contributed by atoms with Gasteiger partial charge in [0.15, 0.2) is 0 Å². The van der Waals surface area contributed by atoms with Gasteiger partial charge in [-0.1, -0.05) is 19.1 Å². The molecule has 1 aromatic carbocycles. The van der Waals surface area contributed by atoms with Crippen LogP contribution in [0.1, 0.15) is 38.7 Å². The Bertz CT molecular complexity index is 360. The lowest BCUT2D eigenvalue weighted by molar-refractivity contribution is -0.141. The fourth-order valence-corrected chi connectivity index (χ4v) is 1.62. The quantitative estimate of drug-likeness (QED) is 0.712. The third-order valence-electron chi connectivity index (χ3n) is 2.59. The predicted octanol–water partition coefficient (Wildman–Crippen LogP) is 3.14. The van der Waals surface area contributed by atoms with E-state index in [0.29, 0.717) is 19.1 Å². The van der Waals surface area contributed by atoms with Crippen molar-refractivity contribution in [3.05, 3.63) is 29.8 Å². The van der Waals surface area contributed by atoms with Crippen LogP contribution in [-0.4, -0.2) is 19.2 Å². The number of rotatable bonds is 6. The molecule has 1 aromatic rings. The molecule has 3 nitrogen and oxygen atoms in total. The summed E-state index contributed by atoms with van der Waals surface area (Å²) in [5, 5.41) is 0. The van der Waals surface area contributed by atoms with Gasteiger partial charge >= 0.3 is 5.97 Å². The standard InChI is InChI=1S/C14H20O3/c1-4-16-14-7-5-6-13(10-14)11(2)8-9-17-12(3)15/h5-7,10-11H,4,8-9H2,1-3H3. The smallest absolute Gasteiger partial charge is 0.302 e. The zero-order chi connectivity index (χ0) is 12.7. The summed E-state index contributed by atoms with van der Waals surface area (Å²) < 4.78 is 10.4. The van der Waals surface area contributed by atoms with Crippen molar-refractivity contribution in [2.45, 2.75) is 33.1 Å². The Labute approximate surface area is 103 Å². The van der Waals surface area contributed by atoms with Crippen LogP contribution < -0.4 is 4.74 Å². The van der Waals surface area contributed by atoms with Gasteiger partial charge in [-0.15, -0.1) is 0 Å². The summed E-state index contributed by atoms with van der Waals surface area (Å²) in [7, 11) is 0. The van der Waals surface area contributed by atoms with Crippen molar-refractivity contribution in [2.75, 3.05) is 13.2 Å². The number of hydrogen-bond donors (Lipinski definition) is 0. The van der Waals surface area contributed by atoms with Crippen molar-refractivity contribution in [1.29, 1.82) is 0 Å². The highest BCUT2D eigenvalue weighted by Gasteiger charge is 2.07. The lowest BCUT2D eigenvalue weighted by Crippen LogP contribution is -2.04. The molecule has 0 spiro atoms. The molecule has 94 valence electrons. The number of ether oxygens (including phenoxy) is 2. The molecule has 17 heavy (non-hydrogen) atoms. The van der Waals surface area contributed by atoms with E-state index < -0.39 is 0 Å². The average Bonchev–Trinajstić information content (AvgIpc) is 2.29. The van der Waals surface area contributed by atoms with Crippen LogP contribution in [0.5, 0.6) is 5.75 Å². The molecular formula is C14H20O3. The summed E-state index contributed by atoms with van der Waals surface area (Å²) >= 11 is 0. The fraction of sp³-hybridized carbons (Fsp3) is 0.500. The minimum absolute atomic E-state index is 0.222. The highest BCUT2D eigenvalue weighted by atomic mass is 16.5. The van der Waals surface area contributed by atoms with Crippen molar-refractivity contribution in [1.82, 2.24) is 0 Å². The second-order valence-electron chi connectivity index (χ2n) is 4.04. The monoisotopic (exact) mass is 236 g/mol. The van der Waals surface area contributed by atoms with Gasteiger partial charge in [-0.2, -0.15) is 0 Å². The molecule has 3 heteroatoms. The van der Waals surface area contributed by atoms with Gasteiger partial charge in [0.1, 0.15) is 5.75 Å². The first-order valence-electron chi connectivity index (χ1n) is 5.99.